The van der Waals surface area contributed by atoms with Crippen molar-refractivity contribution in [3.8, 4) is 0 Å². The molecular formula is C9H13BClNO2. The maximum absolute atomic E-state index is 9.19. The van der Waals surface area contributed by atoms with Crippen LogP contribution in [-0.4, -0.2) is 22.2 Å². The molecule has 0 spiro atoms. The second-order valence-corrected chi connectivity index (χ2v) is 3.12. The molecule has 0 saturated heterocycles. The van der Waals surface area contributed by atoms with E-state index in [4.69, 9.17) is 23.9 Å². The Morgan fingerprint density at radius 3 is 2.57 bits per heavy atom. The molecule has 0 atom stereocenters. The molecule has 0 amide bonds. The van der Waals surface area contributed by atoms with Gasteiger partial charge in [-0.1, -0.05) is 32.2 Å². The molecule has 0 aliphatic rings. The quantitative estimate of drug-likeness (QED) is 0.544. The molecule has 2 N–H and O–H groups in total. The predicted molar refractivity (Wildman–Crippen MR) is 57.8 cm³/mol. The SMILES string of the molecule is [2H]C([2H])([2H])C(c1cc(B(O)O)cc(Cl)n1)(C([2H])([2H])[2H])C([2H])([2H])[2H]. The van der Waals surface area contributed by atoms with Gasteiger partial charge in [0.2, 0.25) is 0 Å². The van der Waals surface area contributed by atoms with E-state index >= 15 is 0 Å². The fourth-order valence-corrected chi connectivity index (χ4v) is 1.07. The van der Waals surface area contributed by atoms with E-state index in [1.54, 1.807) is 0 Å². The molecule has 1 heterocycles. The molecule has 3 nitrogen and oxygen atoms in total. The van der Waals surface area contributed by atoms with E-state index in [0.717, 1.165) is 6.07 Å². The maximum atomic E-state index is 9.19. The molecule has 0 aliphatic carbocycles. The van der Waals surface area contributed by atoms with Gasteiger partial charge in [0.05, 0.1) is 0 Å². The Bertz CT molecular complexity index is 548. The Morgan fingerprint density at radius 2 is 2.07 bits per heavy atom. The molecule has 0 aromatic carbocycles. The van der Waals surface area contributed by atoms with E-state index in [0.29, 0.717) is 6.07 Å². The summed E-state index contributed by atoms with van der Waals surface area (Å²) in [5.41, 5.74) is -4.60. The van der Waals surface area contributed by atoms with Gasteiger partial charge in [0.15, 0.2) is 0 Å². The van der Waals surface area contributed by atoms with Crippen LogP contribution < -0.4 is 5.46 Å². The van der Waals surface area contributed by atoms with Gasteiger partial charge in [0.25, 0.3) is 0 Å². The van der Waals surface area contributed by atoms with Crippen LogP contribution in [0.1, 0.15) is 38.6 Å². The summed E-state index contributed by atoms with van der Waals surface area (Å²) in [6.45, 7) is -10.5. The fraction of sp³-hybridized carbons (Fsp3) is 0.444. The summed E-state index contributed by atoms with van der Waals surface area (Å²) >= 11 is 5.67. The van der Waals surface area contributed by atoms with Gasteiger partial charge < -0.3 is 10.0 Å². The molecule has 14 heavy (non-hydrogen) atoms. The van der Waals surface area contributed by atoms with Crippen LogP contribution in [-0.2, 0) is 5.41 Å². The van der Waals surface area contributed by atoms with Crippen LogP contribution in [0.3, 0.4) is 0 Å². The van der Waals surface area contributed by atoms with Crippen LogP contribution in [0.2, 0.25) is 5.15 Å². The molecule has 1 aromatic rings. The molecule has 5 heteroatoms. The molecular weight excluding hydrogens is 200 g/mol. The first-order valence-corrected chi connectivity index (χ1v) is 3.97. The van der Waals surface area contributed by atoms with Gasteiger partial charge in [-0.15, -0.1) is 0 Å². The summed E-state index contributed by atoms with van der Waals surface area (Å²) in [4.78, 5) is 3.55. The van der Waals surface area contributed by atoms with Crippen LogP contribution in [0.4, 0.5) is 0 Å². The first-order chi connectivity index (χ1) is 10.1. The minimum atomic E-state index is -3.50. The average molecular weight is 223 g/mol. The van der Waals surface area contributed by atoms with Crippen molar-refractivity contribution >= 4 is 24.2 Å². The standard InChI is InChI=1S/C9H13BClNO2/c1-9(2,3)7-4-6(10(13)14)5-8(11)12-7/h4-5,13-14H,1-3H3/i1D3,2D3,3D3. The first kappa shape index (κ1) is 4.12. The van der Waals surface area contributed by atoms with Crippen molar-refractivity contribution < 1.29 is 22.4 Å². The summed E-state index contributed by atoms with van der Waals surface area (Å²) in [6.07, 6.45) is 0. The van der Waals surface area contributed by atoms with E-state index in [2.05, 4.69) is 4.98 Å². The Hall–Kier alpha value is -0.575. The van der Waals surface area contributed by atoms with Crippen LogP contribution >= 0.6 is 11.6 Å². The molecule has 0 aliphatic heterocycles. The molecule has 0 saturated carbocycles. The average Bonchev–Trinajstić information content (AvgIpc) is 2.21. The smallest absolute Gasteiger partial charge is 0.423 e. The van der Waals surface area contributed by atoms with Crippen molar-refractivity contribution in [1.29, 1.82) is 0 Å². The second kappa shape index (κ2) is 3.89. The number of halogens is 1. The Kier molecular flexibility index (Phi) is 1.14. The summed E-state index contributed by atoms with van der Waals surface area (Å²) in [7, 11) is -2.11. The lowest BCUT2D eigenvalue weighted by molar-refractivity contribution is 0.425. The minimum Gasteiger partial charge on any atom is -0.423 e. The lowest BCUT2D eigenvalue weighted by atomic mass is 9.78. The highest BCUT2D eigenvalue weighted by Gasteiger charge is 2.20. The molecule has 0 fully saturated rings. The van der Waals surface area contributed by atoms with Gasteiger partial charge in [-0.05, 0) is 17.6 Å². The molecule has 76 valence electrons. The van der Waals surface area contributed by atoms with E-state index < -0.39 is 43.9 Å². The van der Waals surface area contributed by atoms with Crippen molar-refractivity contribution in [1.82, 2.24) is 4.98 Å². The number of pyridine rings is 1. The monoisotopic (exact) mass is 222 g/mol. The van der Waals surface area contributed by atoms with E-state index in [1.165, 1.54) is 0 Å². The third-order valence-electron chi connectivity index (χ3n) is 1.50. The van der Waals surface area contributed by atoms with Crippen molar-refractivity contribution in [3.63, 3.8) is 0 Å². The molecule has 0 bridgehead atoms. The molecule has 1 aromatic heterocycles. The molecule has 0 radical (unpaired) electrons. The number of hydrogen-bond acceptors (Lipinski definition) is 3. The molecule has 1 rings (SSSR count). The lowest BCUT2D eigenvalue weighted by Gasteiger charge is -2.18. The van der Waals surface area contributed by atoms with Gasteiger partial charge in [0, 0.05) is 23.4 Å². The number of rotatable bonds is 1. The van der Waals surface area contributed by atoms with Crippen LogP contribution in [0.5, 0.6) is 0 Å². The number of hydrogen-bond donors (Lipinski definition) is 2. The Labute approximate surface area is 102 Å². The van der Waals surface area contributed by atoms with Gasteiger partial charge in [-0.3, -0.25) is 0 Å². The van der Waals surface area contributed by atoms with E-state index in [-0.39, 0.29) is 5.46 Å². The van der Waals surface area contributed by atoms with Crippen LogP contribution in [0.15, 0.2) is 12.1 Å². The third-order valence-corrected chi connectivity index (χ3v) is 1.69. The minimum absolute atomic E-state index is 0.373. The van der Waals surface area contributed by atoms with Gasteiger partial charge >= 0.3 is 7.12 Å². The zero-order chi connectivity index (χ0) is 18.4. The van der Waals surface area contributed by atoms with E-state index in [9.17, 15) is 10.0 Å². The normalized spacial score (nSPS) is 23.8. The van der Waals surface area contributed by atoms with Crippen LogP contribution in [0, 0.1) is 0 Å². The Morgan fingerprint density at radius 1 is 1.43 bits per heavy atom. The largest absolute Gasteiger partial charge is 0.488 e. The van der Waals surface area contributed by atoms with Gasteiger partial charge in [0.1, 0.15) is 5.15 Å². The zero-order valence-corrected chi connectivity index (χ0v) is 7.71. The van der Waals surface area contributed by atoms with Crippen molar-refractivity contribution in [2.45, 2.75) is 26.0 Å². The number of nitrogens with zero attached hydrogens (tertiary/aromatic N) is 1. The summed E-state index contributed by atoms with van der Waals surface area (Å²) in [6, 6.07) is 1.67. The van der Waals surface area contributed by atoms with Crippen molar-refractivity contribution in [2.75, 3.05) is 0 Å². The second-order valence-electron chi connectivity index (χ2n) is 2.73. The van der Waals surface area contributed by atoms with Crippen LogP contribution in [0.25, 0.3) is 0 Å². The van der Waals surface area contributed by atoms with Crippen molar-refractivity contribution in [2.24, 2.45) is 0 Å². The summed E-state index contributed by atoms with van der Waals surface area (Å²) < 4.78 is 67.9. The molecule has 0 unspecified atom stereocenters. The topological polar surface area (TPSA) is 53.4 Å². The van der Waals surface area contributed by atoms with E-state index in [1.807, 2.05) is 0 Å². The summed E-state index contributed by atoms with van der Waals surface area (Å²) in [5, 5.41) is 17.9. The number of aromatic nitrogens is 1. The first-order valence-electron chi connectivity index (χ1n) is 8.10. The zero-order valence-electron chi connectivity index (χ0n) is 16.0. The lowest BCUT2D eigenvalue weighted by Crippen LogP contribution is -2.32. The highest BCUT2D eigenvalue weighted by atomic mass is 35.5. The maximum Gasteiger partial charge on any atom is 0.488 e. The predicted octanol–water partition coefficient (Wildman–Crippen LogP) is 0.712. The highest BCUT2D eigenvalue weighted by Crippen LogP contribution is 2.20. The third kappa shape index (κ3) is 2.70. The van der Waals surface area contributed by atoms with Gasteiger partial charge in [-0.2, -0.15) is 0 Å². The fourth-order valence-electron chi connectivity index (χ4n) is 0.858. The highest BCUT2D eigenvalue weighted by molar-refractivity contribution is 6.59. The van der Waals surface area contributed by atoms with Crippen molar-refractivity contribution in [3.05, 3.63) is 23.0 Å². The Balaban J connectivity index is 3.94. The summed E-state index contributed by atoms with van der Waals surface area (Å²) in [5.74, 6) is 0. The van der Waals surface area contributed by atoms with Gasteiger partial charge in [-0.25, -0.2) is 4.98 Å².